The van der Waals surface area contributed by atoms with Gasteiger partial charge in [0.15, 0.2) is 0 Å². The van der Waals surface area contributed by atoms with E-state index < -0.39 is 0 Å². The van der Waals surface area contributed by atoms with Gasteiger partial charge in [0.1, 0.15) is 5.82 Å². The molecule has 0 aliphatic rings. The summed E-state index contributed by atoms with van der Waals surface area (Å²) in [5.41, 5.74) is 3.87. The summed E-state index contributed by atoms with van der Waals surface area (Å²) < 4.78 is 0. The third kappa shape index (κ3) is 1.90. The standard InChI is InChI=1S/C16H13N5/c1-17-16-6-14-10(7-20-16)2-3-13(21-14)12-8-18-9-15-11(12)4-5-19-15/h2-9,19H,1H3,(H,17,20). The van der Waals surface area contributed by atoms with E-state index in [0.717, 1.165) is 38.9 Å². The fourth-order valence-corrected chi connectivity index (χ4v) is 2.49. The van der Waals surface area contributed by atoms with Gasteiger partial charge in [-0.15, -0.1) is 0 Å². The number of H-pyrrole nitrogens is 1. The van der Waals surface area contributed by atoms with Crippen molar-refractivity contribution in [1.82, 2.24) is 19.9 Å². The van der Waals surface area contributed by atoms with E-state index in [1.165, 1.54) is 0 Å². The molecule has 0 saturated heterocycles. The van der Waals surface area contributed by atoms with Crippen LogP contribution < -0.4 is 5.32 Å². The van der Waals surface area contributed by atoms with Crippen LogP contribution in [-0.2, 0) is 0 Å². The summed E-state index contributed by atoms with van der Waals surface area (Å²) in [4.78, 5) is 16.5. The molecule has 0 saturated carbocycles. The number of aromatic amines is 1. The summed E-state index contributed by atoms with van der Waals surface area (Å²) in [5.74, 6) is 0.810. The van der Waals surface area contributed by atoms with E-state index >= 15 is 0 Å². The highest BCUT2D eigenvalue weighted by molar-refractivity contribution is 5.94. The van der Waals surface area contributed by atoms with E-state index in [4.69, 9.17) is 4.98 Å². The summed E-state index contributed by atoms with van der Waals surface area (Å²) in [6, 6.07) is 8.04. The summed E-state index contributed by atoms with van der Waals surface area (Å²) in [5, 5.41) is 5.18. The monoisotopic (exact) mass is 275 g/mol. The molecule has 5 nitrogen and oxygen atoms in total. The third-order valence-electron chi connectivity index (χ3n) is 3.58. The molecule has 0 aromatic carbocycles. The molecule has 0 spiro atoms. The first-order chi connectivity index (χ1) is 10.3. The van der Waals surface area contributed by atoms with Crippen LogP contribution in [0.25, 0.3) is 33.1 Å². The van der Waals surface area contributed by atoms with Crippen LogP contribution in [0.4, 0.5) is 5.82 Å². The second kappa shape index (κ2) is 4.56. The number of nitrogens with one attached hydrogen (secondary N) is 2. The smallest absolute Gasteiger partial charge is 0.127 e. The van der Waals surface area contributed by atoms with Crippen molar-refractivity contribution < 1.29 is 0 Å². The third-order valence-corrected chi connectivity index (χ3v) is 3.58. The maximum Gasteiger partial charge on any atom is 0.127 e. The van der Waals surface area contributed by atoms with Crippen molar-refractivity contribution in [3.8, 4) is 11.3 Å². The highest BCUT2D eigenvalue weighted by atomic mass is 15.0. The van der Waals surface area contributed by atoms with Gasteiger partial charge in [-0.25, -0.2) is 9.97 Å². The molecule has 5 heteroatoms. The SMILES string of the molecule is CNc1cc2nc(-c3cncc4[nH]ccc34)ccc2cn1. The zero-order valence-electron chi connectivity index (χ0n) is 11.5. The molecular weight excluding hydrogens is 262 g/mol. The van der Waals surface area contributed by atoms with Crippen molar-refractivity contribution in [1.29, 1.82) is 0 Å². The van der Waals surface area contributed by atoms with Crippen LogP contribution in [0.2, 0.25) is 0 Å². The number of pyridine rings is 3. The molecule has 0 unspecified atom stereocenters. The number of rotatable bonds is 2. The fraction of sp³-hybridized carbons (Fsp3) is 0.0625. The maximum atomic E-state index is 4.75. The Morgan fingerprint density at radius 1 is 1.10 bits per heavy atom. The molecule has 102 valence electrons. The normalized spacial score (nSPS) is 11.1. The Balaban J connectivity index is 1.95. The first kappa shape index (κ1) is 11.8. The maximum absolute atomic E-state index is 4.75. The number of hydrogen-bond donors (Lipinski definition) is 2. The highest BCUT2D eigenvalue weighted by Crippen LogP contribution is 2.27. The van der Waals surface area contributed by atoms with Gasteiger partial charge in [-0.3, -0.25) is 4.98 Å². The van der Waals surface area contributed by atoms with Crippen molar-refractivity contribution >= 4 is 27.6 Å². The van der Waals surface area contributed by atoms with E-state index in [2.05, 4.69) is 20.3 Å². The quantitative estimate of drug-likeness (QED) is 0.589. The highest BCUT2D eigenvalue weighted by Gasteiger charge is 2.08. The summed E-state index contributed by atoms with van der Waals surface area (Å²) in [6.07, 6.45) is 7.42. The van der Waals surface area contributed by atoms with Gasteiger partial charge in [0.2, 0.25) is 0 Å². The average Bonchev–Trinajstić information content (AvgIpc) is 3.02. The predicted octanol–water partition coefficient (Wildman–Crippen LogP) is 3.21. The van der Waals surface area contributed by atoms with Crippen molar-refractivity contribution in [3.63, 3.8) is 0 Å². The van der Waals surface area contributed by atoms with Crippen LogP contribution in [0.3, 0.4) is 0 Å². The Labute approximate surface area is 121 Å². The summed E-state index contributed by atoms with van der Waals surface area (Å²) in [6.45, 7) is 0. The second-order valence-electron chi connectivity index (χ2n) is 4.83. The minimum atomic E-state index is 0.810. The largest absolute Gasteiger partial charge is 0.373 e. The van der Waals surface area contributed by atoms with E-state index in [1.54, 1.807) is 0 Å². The Hall–Kier alpha value is -2.95. The van der Waals surface area contributed by atoms with Crippen LogP contribution in [0.5, 0.6) is 0 Å². The molecule has 4 aromatic rings. The number of anilines is 1. The zero-order chi connectivity index (χ0) is 14.2. The topological polar surface area (TPSA) is 66.5 Å². The van der Waals surface area contributed by atoms with Crippen molar-refractivity contribution in [2.75, 3.05) is 12.4 Å². The average molecular weight is 275 g/mol. The van der Waals surface area contributed by atoms with Crippen LogP contribution in [0.1, 0.15) is 0 Å². The van der Waals surface area contributed by atoms with Crippen molar-refractivity contribution in [2.45, 2.75) is 0 Å². The van der Waals surface area contributed by atoms with Gasteiger partial charge < -0.3 is 10.3 Å². The van der Waals surface area contributed by atoms with Crippen LogP contribution in [-0.4, -0.2) is 27.0 Å². The summed E-state index contributed by atoms with van der Waals surface area (Å²) in [7, 11) is 1.85. The Morgan fingerprint density at radius 3 is 2.95 bits per heavy atom. The van der Waals surface area contributed by atoms with Gasteiger partial charge >= 0.3 is 0 Å². The van der Waals surface area contributed by atoms with E-state index in [9.17, 15) is 0 Å². The molecule has 0 bridgehead atoms. The summed E-state index contributed by atoms with van der Waals surface area (Å²) >= 11 is 0. The molecule has 4 heterocycles. The minimum Gasteiger partial charge on any atom is -0.373 e. The molecule has 0 fully saturated rings. The van der Waals surface area contributed by atoms with Crippen LogP contribution >= 0.6 is 0 Å². The van der Waals surface area contributed by atoms with Gasteiger partial charge in [0.05, 0.1) is 22.9 Å². The van der Waals surface area contributed by atoms with E-state index in [-0.39, 0.29) is 0 Å². The molecule has 4 aromatic heterocycles. The molecule has 21 heavy (non-hydrogen) atoms. The van der Waals surface area contributed by atoms with Gasteiger partial charge in [-0.2, -0.15) is 0 Å². The Bertz CT molecular complexity index is 942. The van der Waals surface area contributed by atoms with Crippen molar-refractivity contribution in [2.24, 2.45) is 0 Å². The van der Waals surface area contributed by atoms with E-state index in [0.29, 0.717) is 0 Å². The fourth-order valence-electron chi connectivity index (χ4n) is 2.49. The lowest BCUT2D eigenvalue weighted by Crippen LogP contribution is -1.93. The predicted molar refractivity (Wildman–Crippen MR) is 84.2 cm³/mol. The Kier molecular flexibility index (Phi) is 2.57. The lowest BCUT2D eigenvalue weighted by atomic mass is 10.1. The van der Waals surface area contributed by atoms with E-state index in [1.807, 2.05) is 56.1 Å². The molecule has 0 amide bonds. The zero-order valence-corrected chi connectivity index (χ0v) is 11.5. The molecule has 0 radical (unpaired) electrons. The first-order valence-corrected chi connectivity index (χ1v) is 6.71. The molecule has 0 aliphatic heterocycles. The first-order valence-electron chi connectivity index (χ1n) is 6.71. The second-order valence-corrected chi connectivity index (χ2v) is 4.83. The number of fused-ring (bicyclic) bond motifs is 2. The molecule has 2 N–H and O–H groups in total. The molecule has 0 aliphatic carbocycles. The Morgan fingerprint density at radius 2 is 2.05 bits per heavy atom. The number of aromatic nitrogens is 4. The van der Waals surface area contributed by atoms with Gasteiger partial charge in [-0.05, 0) is 18.2 Å². The van der Waals surface area contributed by atoms with Crippen LogP contribution in [0, 0.1) is 0 Å². The molecular formula is C16H13N5. The lowest BCUT2D eigenvalue weighted by Gasteiger charge is -2.06. The van der Waals surface area contributed by atoms with Crippen LogP contribution in [0.15, 0.2) is 49.1 Å². The van der Waals surface area contributed by atoms with Gasteiger partial charge in [0.25, 0.3) is 0 Å². The number of hydrogen-bond acceptors (Lipinski definition) is 4. The lowest BCUT2D eigenvalue weighted by molar-refractivity contribution is 1.28. The number of nitrogens with zero attached hydrogens (tertiary/aromatic N) is 3. The van der Waals surface area contributed by atoms with Gasteiger partial charge in [0, 0.05) is 48.0 Å². The molecule has 4 rings (SSSR count). The molecule has 0 atom stereocenters. The minimum absolute atomic E-state index is 0.810. The van der Waals surface area contributed by atoms with Gasteiger partial charge in [-0.1, -0.05) is 0 Å². The van der Waals surface area contributed by atoms with Crippen molar-refractivity contribution in [3.05, 3.63) is 49.1 Å².